The average molecular weight is 732 g/mol. The van der Waals surface area contributed by atoms with Crippen LogP contribution in [0.25, 0.3) is 43.6 Å². The maximum atomic E-state index is 3.65. The van der Waals surface area contributed by atoms with Crippen LogP contribution in [-0.4, -0.2) is 9.13 Å². The van der Waals surface area contributed by atoms with Crippen LogP contribution in [0.1, 0.15) is 25.7 Å². The maximum absolute atomic E-state index is 3.65. The van der Waals surface area contributed by atoms with Gasteiger partial charge >= 0.3 is 0 Å². The zero-order valence-electron chi connectivity index (χ0n) is 19.6. The van der Waals surface area contributed by atoms with Crippen LogP contribution >= 0.6 is 63.7 Å². The van der Waals surface area contributed by atoms with Gasteiger partial charge in [0.05, 0.1) is 0 Å². The monoisotopic (exact) mass is 728 g/mol. The highest BCUT2D eigenvalue weighted by atomic mass is 79.9. The Kier molecular flexibility index (Phi) is 7.06. The zero-order chi connectivity index (χ0) is 24.8. The number of benzene rings is 4. The number of unbranched alkanes of at least 4 members (excludes halogenated alkanes) is 3. The molecule has 4 aromatic carbocycles. The second-order valence-electron chi connectivity index (χ2n) is 9.36. The van der Waals surface area contributed by atoms with Gasteiger partial charge in [0.1, 0.15) is 0 Å². The predicted molar refractivity (Wildman–Crippen MR) is 168 cm³/mol. The molecular formula is C30H24Br4N2. The summed E-state index contributed by atoms with van der Waals surface area (Å²) in [4.78, 5) is 0. The van der Waals surface area contributed by atoms with Gasteiger partial charge < -0.3 is 9.13 Å². The van der Waals surface area contributed by atoms with Crippen LogP contribution in [0.5, 0.6) is 0 Å². The highest BCUT2D eigenvalue weighted by Gasteiger charge is 2.13. The minimum atomic E-state index is 1.04. The summed E-state index contributed by atoms with van der Waals surface area (Å²) in [5.41, 5.74) is 5.26. The van der Waals surface area contributed by atoms with Gasteiger partial charge in [-0.3, -0.25) is 0 Å². The van der Waals surface area contributed by atoms with E-state index in [0.29, 0.717) is 0 Å². The Morgan fingerprint density at radius 1 is 0.389 bits per heavy atom. The van der Waals surface area contributed by atoms with Crippen molar-refractivity contribution in [1.29, 1.82) is 0 Å². The summed E-state index contributed by atoms with van der Waals surface area (Å²) in [5.74, 6) is 0. The van der Waals surface area contributed by atoms with Crippen molar-refractivity contribution < 1.29 is 0 Å². The molecule has 0 atom stereocenters. The molecule has 0 saturated heterocycles. The molecule has 0 unspecified atom stereocenters. The van der Waals surface area contributed by atoms with Crippen LogP contribution in [0.15, 0.2) is 90.7 Å². The van der Waals surface area contributed by atoms with Crippen LogP contribution in [0.4, 0.5) is 0 Å². The second-order valence-corrected chi connectivity index (χ2v) is 13.0. The van der Waals surface area contributed by atoms with Crippen molar-refractivity contribution in [3.63, 3.8) is 0 Å². The lowest BCUT2D eigenvalue weighted by atomic mass is 10.2. The fraction of sp³-hybridized carbons (Fsp3) is 0.200. The molecule has 0 aliphatic heterocycles. The van der Waals surface area contributed by atoms with Crippen molar-refractivity contribution in [2.45, 2.75) is 38.8 Å². The van der Waals surface area contributed by atoms with Crippen LogP contribution in [0.2, 0.25) is 0 Å². The Labute approximate surface area is 244 Å². The number of halogens is 4. The lowest BCUT2D eigenvalue weighted by Gasteiger charge is -2.10. The average Bonchev–Trinajstić information content (AvgIpc) is 3.32. The molecule has 6 rings (SSSR count). The Hall–Kier alpha value is -1.60. The van der Waals surface area contributed by atoms with Gasteiger partial charge in [0.25, 0.3) is 0 Å². The number of nitrogens with zero attached hydrogens (tertiary/aromatic N) is 2. The highest BCUT2D eigenvalue weighted by Crippen LogP contribution is 2.35. The molecule has 0 aliphatic carbocycles. The molecule has 2 nitrogen and oxygen atoms in total. The summed E-state index contributed by atoms with van der Waals surface area (Å²) in [5, 5.41) is 5.24. The molecule has 0 N–H and O–H groups in total. The number of rotatable bonds is 7. The van der Waals surface area contributed by atoms with Gasteiger partial charge in [0.15, 0.2) is 0 Å². The summed E-state index contributed by atoms with van der Waals surface area (Å²) in [6, 6.07) is 26.5. The molecule has 0 amide bonds. The first-order chi connectivity index (χ1) is 17.5. The van der Waals surface area contributed by atoms with E-state index in [-0.39, 0.29) is 0 Å². The number of hydrogen-bond donors (Lipinski definition) is 0. The molecule has 182 valence electrons. The Bertz CT molecular complexity index is 1500. The van der Waals surface area contributed by atoms with Gasteiger partial charge in [0, 0.05) is 74.6 Å². The SMILES string of the molecule is Brc1ccc2c(c1)c1cc(Br)ccc1n2CCCCCCn1c2ccc(Br)cc2c2cc(Br)ccc21. The Morgan fingerprint density at radius 2 is 0.667 bits per heavy atom. The lowest BCUT2D eigenvalue weighted by molar-refractivity contribution is 0.559. The highest BCUT2D eigenvalue weighted by molar-refractivity contribution is 9.11. The predicted octanol–water partition coefficient (Wildman–Crippen LogP) is 11.2. The van der Waals surface area contributed by atoms with Gasteiger partial charge in [-0.2, -0.15) is 0 Å². The molecule has 0 fully saturated rings. The molecule has 6 aromatic rings. The molecule has 0 saturated carbocycles. The molecule has 0 radical (unpaired) electrons. The quantitative estimate of drug-likeness (QED) is 0.145. The first kappa shape index (κ1) is 24.7. The van der Waals surface area contributed by atoms with E-state index >= 15 is 0 Å². The first-order valence-electron chi connectivity index (χ1n) is 12.2. The molecule has 6 heteroatoms. The lowest BCUT2D eigenvalue weighted by Crippen LogP contribution is -2.00. The third-order valence-electron chi connectivity index (χ3n) is 7.09. The Morgan fingerprint density at radius 3 is 0.944 bits per heavy atom. The van der Waals surface area contributed by atoms with Gasteiger partial charge in [-0.1, -0.05) is 76.6 Å². The summed E-state index contributed by atoms with van der Waals surface area (Å²) in [6.45, 7) is 2.08. The van der Waals surface area contributed by atoms with Crippen molar-refractivity contribution in [1.82, 2.24) is 9.13 Å². The second kappa shape index (κ2) is 10.3. The third-order valence-corrected chi connectivity index (χ3v) is 9.06. The first-order valence-corrected chi connectivity index (χ1v) is 15.4. The standard InChI is InChI=1S/C30H24Br4N2/c31-19-5-9-27-23(15-19)24-16-20(32)6-10-28(24)35(27)13-3-1-2-4-14-36-29-11-7-21(33)17-25(29)26-18-22(34)8-12-30(26)36/h5-12,15-18H,1-4,13-14H2. The van der Waals surface area contributed by atoms with E-state index < -0.39 is 0 Å². The number of aryl methyl sites for hydroxylation is 2. The van der Waals surface area contributed by atoms with Crippen LogP contribution in [0, 0.1) is 0 Å². The molecule has 2 aromatic heterocycles. The van der Waals surface area contributed by atoms with Gasteiger partial charge in [0.2, 0.25) is 0 Å². The van der Waals surface area contributed by atoms with Crippen LogP contribution < -0.4 is 0 Å². The topological polar surface area (TPSA) is 9.86 Å². The number of fused-ring (bicyclic) bond motifs is 6. The van der Waals surface area contributed by atoms with Crippen molar-refractivity contribution in [3.8, 4) is 0 Å². The van der Waals surface area contributed by atoms with E-state index in [1.54, 1.807) is 0 Å². The fourth-order valence-corrected chi connectivity index (χ4v) is 6.92. The van der Waals surface area contributed by atoms with Crippen molar-refractivity contribution in [2.24, 2.45) is 0 Å². The van der Waals surface area contributed by atoms with Gasteiger partial charge in [-0.25, -0.2) is 0 Å². The van der Waals surface area contributed by atoms with Crippen molar-refractivity contribution in [2.75, 3.05) is 0 Å². The van der Waals surface area contributed by atoms with Crippen molar-refractivity contribution >= 4 is 107 Å². The summed E-state index contributed by atoms with van der Waals surface area (Å²) in [7, 11) is 0. The zero-order valence-corrected chi connectivity index (χ0v) is 25.9. The van der Waals surface area contributed by atoms with E-state index in [2.05, 4.69) is 146 Å². The van der Waals surface area contributed by atoms with Crippen LogP contribution in [0.3, 0.4) is 0 Å². The van der Waals surface area contributed by atoms with Crippen molar-refractivity contribution in [3.05, 3.63) is 90.7 Å². The number of aromatic nitrogens is 2. The van der Waals surface area contributed by atoms with Gasteiger partial charge in [-0.15, -0.1) is 0 Å². The minimum Gasteiger partial charge on any atom is -0.340 e. The number of hydrogen-bond acceptors (Lipinski definition) is 0. The largest absolute Gasteiger partial charge is 0.340 e. The van der Waals surface area contributed by atoms with E-state index in [1.165, 1.54) is 69.3 Å². The fourth-order valence-electron chi connectivity index (χ4n) is 5.47. The molecule has 0 aliphatic rings. The molecule has 36 heavy (non-hydrogen) atoms. The molecule has 0 bridgehead atoms. The van der Waals surface area contributed by atoms with E-state index in [1.807, 2.05) is 0 Å². The van der Waals surface area contributed by atoms with E-state index in [0.717, 1.165) is 31.0 Å². The van der Waals surface area contributed by atoms with E-state index in [9.17, 15) is 0 Å². The molecular weight excluding hydrogens is 708 g/mol. The Balaban J connectivity index is 1.16. The van der Waals surface area contributed by atoms with Gasteiger partial charge in [-0.05, 0) is 85.6 Å². The minimum absolute atomic E-state index is 1.04. The smallest absolute Gasteiger partial charge is 0.0492 e. The van der Waals surface area contributed by atoms with E-state index in [4.69, 9.17) is 0 Å². The summed E-state index contributed by atoms with van der Waals surface area (Å²) in [6.07, 6.45) is 4.81. The molecule has 0 spiro atoms. The summed E-state index contributed by atoms with van der Waals surface area (Å²) < 4.78 is 9.48. The third kappa shape index (κ3) is 4.59. The maximum Gasteiger partial charge on any atom is 0.0492 e. The van der Waals surface area contributed by atoms with Crippen LogP contribution in [-0.2, 0) is 13.1 Å². The summed E-state index contributed by atoms with van der Waals surface area (Å²) >= 11 is 14.6. The molecule has 2 heterocycles. The normalized spacial score (nSPS) is 12.0.